The quantitative estimate of drug-likeness (QED) is 0.577. The first kappa shape index (κ1) is 24.3. The molecule has 1 aliphatic carbocycles. The largest absolute Gasteiger partial charge is 0.390 e. The molecule has 8 heteroatoms. The van der Waals surface area contributed by atoms with Crippen LogP contribution in [0, 0.1) is 11.6 Å². The number of hydrogen-bond acceptors (Lipinski definition) is 5. The van der Waals surface area contributed by atoms with Gasteiger partial charge in [-0.3, -0.25) is 4.79 Å². The van der Waals surface area contributed by atoms with Gasteiger partial charge in [0.15, 0.2) is 5.60 Å². The highest BCUT2D eigenvalue weighted by atomic mass is 19.1. The third kappa shape index (κ3) is 5.89. The predicted molar refractivity (Wildman–Crippen MR) is 113 cm³/mol. The first-order valence-corrected chi connectivity index (χ1v) is 10.6. The number of rotatable bonds is 8. The molecule has 1 amide bonds. The highest BCUT2D eigenvalue weighted by Crippen LogP contribution is 2.36. The van der Waals surface area contributed by atoms with Gasteiger partial charge in [0.05, 0.1) is 25.4 Å². The van der Waals surface area contributed by atoms with Gasteiger partial charge in [0.2, 0.25) is 0 Å². The molecular formula is C24H29F2NO5. The minimum Gasteiger partial charge on any atom is -0.390 e. The normalized spacial score (nSPS) is 25.7. The van der Waals surface area contributed by atoms with Crippen molar-refractivity contribution in [3.63, 3.8) is 0 Å². The molecule has 0 bridgehead atoms. The van der Waals surface area contributed by atoms with Crippen LogP contribution in [0.4, 0.5) is 8.78 Å². The first-order valence-electron chi connectivity index (χ1n) is 10.6. The Kier molecular flexibility index (Phi) is 7.95. The van der Waals surface area contributed by atoms with Crippen molar-refractivity contribution < 1.29 is 33.3 Å². The van der Waals surface area contributed by atoms with Gasteiger partial charge in [0.25, 0.3) is 5.91 Å². The number of benzene rings is 2. The number of aliphatic hydroxyl groups excluding tert-OH is 2. The monoisotopic (exact) mass is 449 g/mol. The molecule has 3 rings (SSSR count). The topological polar surface area (TPSA) is 88.0 Å². The smallest absolute Gasteiger partial charge is 0.252 e. The van der Waals surface area contributed by atoms with Crippen molar-refractivity contribution in [1.82, 2.24) is 5.32 Å². The lowest BCUT2D eigenvalue weighted by Crippen LogP contribution is -2.61. The van der Waals surface area contributed by atoms with E-state index >= 15 is 0 Å². The molecular weight excluding hydrogens is 420 g/mol. The van der Waals surface area contributed by atoms with Gasteiger partial charge < -0.3 is 25.0 Å². The first-order chi connectivity index (χ1) is 15.2. The lowest BCUT2D eigenvalue weighted by atomic mass is 9.78. The van der Waals surface area contributed by atoms with Gasteiger partial charge in [-0.25, -0.2) is 8.78 Å². The number of ether oxygens (including phenoxy) is 2. The Hall–Kier alpha value is -2.39. The maximum Gasteiger partial charge on any atom is 0.252 e. The maximum atomic E-state index is 14.0. The molecule has 3 N–H and O–H groups in total. The zero-order valence-electron chi connectivity index (χ0n) is 18.1. The van der Waals surface area contributed by atoms with E-state index in [4.69, 9.17) is 9.47 Å². The fourth-order valence-corrected chi connectivity index (χ4v) is 3.79. The summed E-state index contributed by atoms with van der Waals surface area (Å²) < 4.78 is 38.9. The molecule has 0 unspecified atom stereocenters. The summed E-state index contributed by atoms with van der Waals surface area (Å²) in [7, 11) is 0. The molecule has 0 spiro atoms. The average molecular weight is 449 g/mol. The van der Waals surface area contributed by atoms with Crippen LogP contribution in [-0.4, -0.2) is 46.1 Å². The third-order valence-corrected chi connectivity index (χ3v) is 5.50. The zero-order chi connectivity index (χ0) is 23.3. The van der Waals surface area contributed by atoms with Crippen molar-refractivity contribution in [3.8, 4) is 0 Å². The van der Waals surface area contributed by atoms with Crippen LogP contribution in [0.15, 0.2) is 48.5 Å². The molecule has 0 saturated heterocycles. The van der Waals surface area contributed by atoms with E-state index in [9.17, 15) is 23.8 Å². The second-order valence-corrected chi connectivity index (χ2v) is 8.45. The van der Waals surface area contributed by atoms with Crippen LogP contribution in [0.2, 0.25) is 0 Å². The van der Waals surface area contributed by atoms with Gasteiger partial charge in [0.1, 0.15) is 17.7 Å². The number of nitrogens with one attached hydrogen (secondary N) is 1. The fourth-order valence-electron chi connectivity index (χ4n) is 3.79. The molecule has 1 aliphatic rings. The fraction of sp³-hybridized carbons (Fsp3) is 0.458. The minimum atomic E-state index is -1.45. The highest BCUT2D eigenvalue weighted by molar-refractivity contribution is 5.85. The second kappa shape index (κ2) is 10.5. The standard InChI is InChI=1S/C24H29F2NO5/c1-15(2)27-23(30)24(32-13-16-6-4-3-5-7-16)11-20(28)22(29)21(12-24)31-14-17-8-9-18(25)10-19(17)26/h3-10,15,20-22,28-29H,11-14H2,1-2H3,(H,27,30)/t20-,21-,22-,24+/m1/s1. The van der Waals surface area contributed by atoms with E-state index in [0.29, 0.717) is 0 Å². The van der Waals surface area contributed by atoms with Crippen LogP contribution >= 0.6 is 0 Å². The van der Waals surface area contributed by atoms with E-state index < -0.39 is 41.5 Å². The van der Waals surface area contributed by atoms with Crippen molar-refractivity contribution in [1.29, 1.82) is 0 Å². The second-order valence-electron chi connectivity index (χ2n) is 8.45. The third-order valence-electron chi connectivity index (χ3n) is 5.50. The molecule has 1 saturated carbocycles. The summed E-state index contributed by atoms with van der Waals surface area (Å²) in [5, 5.41) is 23.9. The molecule has 0 aromatic heterocycles. The van der Waals surface area contributed by atoms with Crippen LogP contribution in [0.1, 0.15) is 37.8 Å². The molecule has 0 aliphatic heterocycles. The molecule has 1 fully saturated rings. The van der Waals surface area contributed by atoms with Crippen molar-refractivity contribution in [2.24, 2.45) is 0 Å². The summed E-state index contributed by atoms with van der Waals surface area (Å²) in [4.78, 5) is 13.1. The number of hydrogen-bond donors (Lipinski definition) is 3. The lowest BCUT2D eigenvalue weighted by Gasteiger charge is -2.44. The van der Waals surface area contributed by atoms with Gasteiger partial charge in [-0.15, -0.1) is 0 Å². The summed E-state index contributed by atoms with van der Waals surface area (Å²) in [5.41, 5.74) is -0.512. The summed E-state index contributed by atoms with van der Waals surface area (Å²) in [6.07, 6.45) is -3.75. The zero-order valence-corrected chi connectivity index (χ0v) is 18.1. The Balaban J connectivity index is 1.80. The van der Waals surface area contributed by atoms with E-state index in [2.05, 4.69) is 5.32 Å². The Labute approximate surface area is 186 Å². The number of carbonyl (C=O) groups is 1. The minimum absolute atomic E-state index is 0.0422. The maximum absolute atomic E-state index is 14.0. The number of amides is 1. The highest BCUT2D eigenvalue weighted by Gasteiger charge is 2.51. The van der Waals surface area contributed by atoms with Crippen LogP contribution in [0.5, 0.6) is 0 Å². The SMILES string of the molecule is CC(C)NC(=O)[C@]1(OCc2ccccc2)C[C@@H](O)[C@@H](O)[C@H](OCc2ccc(F)cc2F)C1. The van der Waals surface area contributed by atoms with Crippen LogP contribution in [0.25, 0.3) is 0 Å². The Morgan fingerprint density at radius 1 is 1.12 bits per heavy atom. The van der Waals surface area contributed by atoms with Crippen LogP contribution in [-0.2, 0) is 27.5 Å². The van der Waals surface area contributed by atoms with E-state index in [0.717, 1.165) is 17.7 Å². The number of aliphatic hydroxyl groups is 2. The number of carbonyl (C=O) groups excluding carboxylic acids is 1. The molecule has 0 radical (unpaired) electrons. The van der Waals surface area contributed by atoms with Crippen molar-refractivity contribution in [2.45, 2.75) is 69.9 Å². The predicted octanol–water partition coefficient (Wildman–Crippen LogP) is 2.85. The van der Waals surface area contributed by atoms with Gasteiger partial charge in [-0.2, -0.15) is 0 Å². The summed E-state index contributed by atoms with van der Waals surface area (Å²) >= 11 is 0. The van der Waals surface area contributed by atoms with Crippen molar-refractivity contribution in [3.05, 3.63) is 71.3 Å². The van der Waals surface area contributed by atoms with Gasteiger partial charge in [-0.05, 0) is 25.5 Å². The van der Waals surface area contributed by atoms with Gasteiger partial charge in [-0.1, -0.05) is 36.4 Å². The summed E-state index contributed by atoms with van der Waals surface area (Å²) in [6.45, 7) is 3.47. The van der Waals surface area contributed by atoms with Crippen molar-refractivity contribution >= 4 is 5.91 Å². The molecule has 174 valence electrons. The van der Waals surface area contributed by atoms with E-state index in [1.165, 1.54) is 6.07 Å². The molecule has 2 aromatic rings. The molecule has 32 heavy (non-hydrogen) atoms. The van der Waals surface area contributed by atoms with Crippen LogP contribution < -0.4 is 5.32 Å². The summed E-state index contributed by atoms with van der Waals surface area (Å²) in [5.74, 6) is -1.91. The Morgan fingerprint density at radius 2 is 1.84 bits per heavy atom. The molecule has 6 nitrogen and oxygen atoms in total. The van der Waals surface area contributed by atoms with Gasteiger partial charge >= 0.3 is 0 Å². The summed E-state index contributed by atoms with van der Waals surface area (Å²) in [6, 6.07) is 12.2. The van der Waals surface area contributed by atoms with Crippen LogP contribution in [0.3, 0.4) is 0 Å². The molecule has 2 aromatic carbocycles. The van der Waals surface area contributed by atoms with E-state index in [-0.39, 0.29) is 37.7 Å². The van der Waals surface area contributed by atoms with Crippen molar-refractivity contribution in [2.75, 3.05) is 0 Å². The Morgan fingerprint density at radius 3 is 2.50 bits per heavy atom. The molecule has 4 atom stereocenters. The van der Waals surface area contributed by atoms with E-state index in [1.54, 1.807) is 0 Å². The Bertz CT molecular complexity index is 911. The molecule has 0 heterocycles. The number of halogens is 2. The van der Waals surface area contributed by atoms with E-state index in [1.807, 2.05) is 44.2 Å². The average Bonchev–Trinajstić information content (AvgIpc) is 2.75. The van der Waals surface area contributed by atoms with Gasteiger partial charge in [0, 0.05) is 30.5 Å². The lowest BCUT2D eigenvalue weighted by molar-refractivity contribution is -0.200.